The average molecular weight is 416 g/mol. The number of hydrogen-bond acceptors (Lipinski definition) is 5. The number of nitrogens with one attached hydrogen (secondary N) is 2. The van der Waals surface area contributed by atoms with Gasteiger partial charge in [0.25, 0.3) is 0 Å². The van der Waals surface area contributed by atoms with E-state index in [9.17, 15) is 4.79 Å². The summed E-state index contributed by atoms with van der Waals surface area (Å²) in [6, 6.07) is 16.4. The summed E-state index contributed by atoms with van der Waals surface area (Å²) in [4.78, 5) is 14.0. The van der Waals surface area contributed by atoms with E-state index >= 15 is 0 Å². The zero-order chi connectivity index (χ0) is 21.4. The van der Waals surface area contributed by atoms with Crippen LogP contribution in [0.15, 0.2) is 48.5 Å². The van der Waals surface area contributed by atoms with Gasteiger partial charge >= 0.3 is 0 Å². The van der Waals surface area contributed by atoms with Crippen LogP contribution >= 0.6 is 0 Å². The highest BCUT2D eigenvalue weighted by atomic mass is 16.2. The lowest BCUT2D eigenvalue weighted by molar-refractivity contribution is -0.116. The molecular weight excluding hydrogens is 390 g/mol. The van der Waals surface area contributed by atoms with Gasteiger partial charge in [-0.15, -0.1) is 5.10 Å². The molecule has 1 fully saturated rings. The summed E-state index contributed by atoms with van der Waals surface area (Å²) in [5.41, 5.74) is 5.15. The fourth-order valence-corrected chi connectivity index (χ4v) is 3.88. The van der Waals surface area contributed by atoms with Crippen LogP contribution in [0.1, 0.15) is 30.0 Å². The van der Waals surface area contributed by atoms with Gasteiger partial charge in [0.05, 0.1) is 24.3 Å². The number of likely N-dealkylation sites (N-methyl/N-ethyl adjacent to an activating group) is 1. The predicted molar refractivity (Wildman–Crippen MR) is 120 cm³/mol. The Bertz CT molecular complexity index is 1220. The molecule has 0 unspecified atom stereocenters. The Balaban J connectivity index is 1.49. The molecule has 0 saturated heterocycles. The van der Waals surface area contributed by atoms with Crippen molar-refractivity contribution < 1.29 is 4.79 Å². The number of fused-ring (bicyclic) bond motifs is 1. The smallest absolute Gasteiger partial charge is 0.239 e. The number of H-pyrrole nitrogens is 1. The Hall–Kier alpha value is -3.52. The second-order valence-electron chi connectivity index (χ2n) is 8.36. The minimum absolute atomic E-state index is 0.101. The van der Waals surface area contributed by atoms with E-state index in [-0.39, 0.29) is 5.91 Å². The lowest BCUT2D eigenvalue weighted by atomic mass is 10.1. The second-order valence-corrected chi connectivity index (χ2v) is 8.36. The molecule has 31 heavy (non-hydrogen) atoms. The van der Waals surface area contributed by atoms with Crippen LogP contribution < -0.4 is 5.32 Å². The number of aromatic nitrogens is 5. The van der Waals surface area contributed by atoms with Crippen LogP contribution in [0.3, 0.4) is 0 Å². The van der Waals surface area contributed by atoms with E-state index in [1.807, 2.05) is 60.1 Å². The average Bonchev–Trinajstić information content (AvgIpc) is 3.39. The van der Waals surface area contributed by atoms with Gasteiger partial charge < -0.3 is 10.2 Å². The number of nitrogens with zero attached hydrogens (tertiary/aromatic N) is 5. The summed E-state index contributed by atoms with van der Waals surface area (Å²) in [6.07, 6.45) is 2.32. The second kappa shape index (κ2) is 7.96. The van der Waals surface area contributed by atoms with Gasteiger partial charge in [0.1, 0.15) is 5.69 Å². The van der Waals surface area contributed by atoms with Gasteiger partial charge in [-0.1, -0.05) is 41.6 Å². The number of rotatable bonds is 7. The summed E-state index contributed by atoms with van der Waals surface area (Å²) in [5.74, 6) is 0.928. The third-order valence-corrected chi connectivity index (χ3v) is 5.47. The molecule has 2 aromatic heterocycles. The van der Waals surface area contributed by atoms with Crippen molar-refractivity contribution in [3.05, 3.63) is 59.8 Å². The molecule has 0 bridgehead atoms. The Labute approximate surface area is 180 Å². The molecule has 158 valence electrons. The zero-order valence-corrected chi connectivity index (χ0v) is 17.7. The number of amides is 1. The molecule has 0 atom stereocenters. The molecule has 8 heteroatoms. The van der Waals surface area contributed by atoms with Crippen molar-refractivity contribution in [1.29, 1.82) is 0 Å². The van der Waals surface area contributed by atoms with E-state index in [0.29, 0.717) is 24.8 Å². The maximum Gasteiger partial charge on any atom is 0.239 e. The van der Waals surface area contributed by atoms with Crippen molar-refractivity contribution in [1.82, 2.24) is 30.1 Å². The third-order valence-electron chi connectivity index (χ3n) is 5.47. The van der Waals surface area contributed by atoms with Crippen LogP contribution in [0.4, 0.5) is 5.82 Å². The minimum Gasteiger partial charge on any atom is -0.308 e. The van der Waals surface area contributed by atoms with Crippen molar-refractivity contribution in [2.75, 3.05) is 26.0 Å². The quantitative estimate of drug-likeness (QED) is 0.483. The lowest BCUT2D eigenvalue weighted by Crippen LogP contribution is -2.27. The van der Waals surface area contributed by atoms with Gasteiger partial charge in [0, 0.05) is 16.9 Å². The highest BCUT2D eigenvalue weighted by Crippen LogP contribution is 2.44. The number of hydrogen-bond donors (Lipinski definition) is 2. The Morgan fingerprint density at radius 3 is 2.74 bits per heavy atom. The highest BCUT2D eigenvalue weighted by molar-refractivity contribution is 6.01. The van der Waals surface area contributed by atoms with Crippen LogP contribution in [-0.2, 0) is 11.3 Å². The van der Waals surface area contributed by atoms with Crippen molar-refractivity contribution in [3.63, 3.8) is 0 Å². The SMILES string of the molecule is CN(C)CC(=O)Nc1n[nH]c2ccc(-c3nnn(Cc4ccccc4)c3C3CC3)cc12. The number of aromatic amines is 1. The molecule has 1 saturated carbocycles. The molecule has 1 aliphatic carbocycles. The molecule has 1 amide bonds. The third kappa shape index (κ3) is 4.06. The van der Waals surface area contributed by atoms with E-state index in [0.717, 1.165) is 35.0 Å². The minimum atomic E-state index is -0.101. The topological polar surface area (TPSA) is 91.7 Å². The van der Waals surface area contributed by atoms with Crippen LogP contribution in [0.5, 0.6) is 0 Å². The predicted octanol–water partition coefficient (Wildman–Crippen LogP) is 3.25. The largest absolute Gasteiger partial charge is 0.308 e. The first-order valence-electron chi connectivity index (χ1n) is 10.5. The number of benzene rings is 2. The van der Waals surface area contributed by atoms with Gasteiger partial charge in [-0.3, -0.25) is 9.89 Å². The molecule has 0 aliphatic heterocycles. The van der Waals surface area contributed by atoms with E-state index in [4.69, 9.17) is 0 Å². The van der Waals surface area contributed by atoms with Gasteiger partial charge in [0.15, 0.2) is 5.82 Å². The molecule has 8 nitrogen and oxygen atoms in total. The Morgan fingerprint density at radius 2 is 2.00 bits per heavy atom. The van der Waals surface area contributed by atoms with Gasteiger partial charge in [-0.05, 0) is 44.6 Å². The number of carbonyl (C=O) groups is 1. The summed E-state index contributed by atoms with van der Waals surface area (Å²) in [6.45, 7) is 1.01. The standard InChI is InChI=1S/C23H25N7O/c1-29(2)14-20(31)24-23-18-12-17(10-11-19(18)25-27-23)21-22(16-8-9-16)30(28-26-21)13-15-6-4-3-5-7-15/h3-7,10-12,16H,8-9,13-14H2,1-2H3,(H2,24,25,27,31). The molecule has 0 spiro atoms. The zero-order valence-electron chi connectivity index (χ0n) is 17.7. The van der Waals surface area contributed by atoms with Crippen LogP contribution in [0, 0.1) is 0 Å². The van der Waals surface area contributed by atoms with Gasteiger partial charge in [-0.25, -0.2) is 4.68 Å². The highest BCUT2D eigenvalue weighted by Gasteiger charge is 2.32. The van der Waals surface area contributed by atoms with Crippen LogP contribution in [0.25, 0.3) is 22.2 Å². The van der Waals surface area contributed by atoms with Crippen molar-refractivity contribution in [2.24, 2.45) is 0 Å². The number of carbonyl (C=O) groups excluding carboxylic acids is 1. The molecule has 2 N–H and O–H groups in total. The Kier molecular flexibility index (Phi) is 4.99. The van der Waals surface area contributed by atoms with E-state index in [1.54, 1.807) is 0 Å². The van der Waals surface area contributed by atoms with Crippen molar-refractivity contribution in [3.8, 4) is 11.3 Å². The summed E-state index contributed by atoms with van der Waals surface area (Å²) in [7, 11) is 3.72. The van der Waals surface area contributed by atoms with Crippen LogP contribution in [0.2, 0.25) is 0 Å². The molecule has 2 heterocycles. The maximum absolute atomic E-state index is 12.2. The molecule has 2 aromatic carbocycles. The van der Waals surface area contributed by atoms with Gasteiger partial charge in [0.2, 0.25) is 5.91 Å². The van der Waals surface area contributed by atoms with Crippen molar-refractivity contribution in [2.45, 2.75) is 25.3 Å². The molecule has 0 radical (unpaired) electrons. The van der Waals surface area contributed by atoms with E-state index < -0.39 is 0 Å². The summed E-state index contributed by atoms with van der Waals surface area (Å²) < 4.78 is 2.03. The van der Waals surface area contributed by atoms with Crippen LogP contribution in [-0.4, -0.2) is 56.6 Å². The van der Waals surface area contributed by atoms with Gasteiger partial charge in [-0.2, -0.15) is 5.10 Å². The fourth-order valence-electron chi connectivity index (χ4n) is 3.88. The maximum atomic E-state index is 12.2. The fraction of sp³-hybridized carbons (Fsp3) is 0.304. The molecule has 1 aliphatic rings. The normalized spacial score (nSPS) is 13.8. The summed E-state index contributed by atoms with van der Waals surface area (Å²) >= 11 is 0. The monoisotopic (exact) mass is 415 g/mol. The first kappa shape index (κ1) is 19.4. The number of anilines is 1. The van der Waals surface area contributed by atoms with E-state index in [1.165, 1.54) is 11.3 Å². The first-order chi connectivity index (χ1) is 15.1. The summed E-state index contributed by atoms with van der Waals surface area (Å²) in [5, 5.41) is 20.1. The molecular formula is C23H25N7O. The first-order valence-corrected chi connectivity index (χ1v) is 10.5. The molecule has 5 rings (SSSR count). The van der Waals surface area contributed by atoms with E-state index in [2.05, 4.69) is 38.0 Å². The Morgan fingerprint density at radius 1 is 1.19 bits per heavy atom. The lowest BCUT2D eigenvalue weighted by Gasteiger charge is -2.09. The van der Waals surface area contributed by atoms with Crippen molar-refractivity contribution >= 4 is 22.6 Å². The molecule has 4 aromatic rings.